The van der Waals surface area contributed by atoms with Crippen LogP contribution in [0.3, 0.4) is 0 Å². The Morgan fingerprint density at radius 3 is 2.69 bits per heavy atom. The Balaban J connectivity index is 2.56. The van der Waals surface area contributed by atoms with Gasteiger partial charge in [-0.15, -0.1) is 0 Å². The summed E-state index contributed by atoms with van der Waals surface area (Å²) < 4.78 is 23.2. The van der Waals surface area contributed by atoms with Gasteiger partial charge in [-0.05, 0) is 32.4 Å². The number of nitrogens with one attached hydrogen (secondary N) is 1. The summed E-state index contributed by atoms with van der Waals surface area (Å²) in [6.07, 6.45) is 3.79. The summed E-state index contributed by atoms with van der Waals surface area (Å²) in [7, 11) is -2.80. The highest BCUT2D eigenvalue weighted by Gasteiger charge is 2.23. The zero-order valence-electron chi connectivity index (χ0n) is 8.25. The van der Waals surface area contributed by atoms with E-state index in [0.717, 1.165) is 38.8 Å². The van der Waals surface area contributed by atoms with Crippen LogP contribution in [0.4, 0.5) is 0 Å². The Morgan fingerprint density at radius 1 is 1.23 bits per heavy atom. The molecule has 1 saturated heterocycles. The summed E-state index contributed by atoms with van der Waals surface area (Å²) in [6.45, 7) is 3.63. The SMILES string of the molecule is CCS(=O)(=O)C1CCCCNCC1. The minimum absolute atomic E-state index is 0.0923. The van der Waals surface area contributed by atoms with Gasteiger partial charge in [0.05, 0.1) is 5.25 Å². The molecule has 1 aliphatic rings. The molecular formula is C9H19NO2S. The van der Waals surface area contributed by atoms with Crippen molar-refractivity contribution in [2.45, 2.75) is 37.9 Å². The fourth-order valence-electron chi connectivity index (χ4n) is 1.75. The summed E-state index contributed by atoms with van der Waals surface area (Å²) in [5.74, 6) is 0.289. The molecule has 13 heavy (non-hydrogen) atoms. The van der Waals surface area contributed by atoms with E-state index in [4.69, 9.17) is 0 Å². The molecule has 1 atom stereocenters. The average Bonchev–Trinajstić information content (AvgIpc) is 2.03. The second kappa shape index (κ2) is 4.96. The average molecular weight is 205 g/mol. The first kappa shape index (κ1) is 11.0. The van der Waals surface area contributed by atoms with Crippen LogP contribution in [0.1, 0.15) is 32.6 Å². The molecule has 0 aromatic rings. The molecule has 1 fully saturated rings. The minimum Gasteiger partial charge on any atom is -0.317 e. The van der Waals surface area contributed by atoms with Crippen molar-refractivity contribution in [2.75, 3.05) is 18.8 Å². The van der Waals surface area contributed by atoms with E-state index in [1.807, 2.05) is 0 Å². The van der Waals surface area contributed by atoms with Crippen LogP contribution in [0, 0.1) is 0 Å². The van der Waals surface area contributed by atoms with E-state index in [9.17, 15) is 8.42 Å². The standard InChI is InChI=1S/C9H19NO2S/c1-2-13(11,12)9-5-3-4-7-10-8-6-9/h9-10H,2-8H2,1H3. The molecule has 0 aromatic carbocycles. The first-order chi connectivity index (χ1) is 6.17. The zero-order chi connectivity index (χ0) is 9.73. The number of rotatable bonds is 2. The normalized spacial score (nSPS) is 26.4. The molecule has 1 rings (SSSR count). The van der Waals surface area contributed by atoms with Crippen LogP contribution in [0.2, 0.25) is 0 Å². The van der Waals surface area contributed by atoms with Gasteiger partial charge in [-0.3, -0.25) is 0 Å². The van der Waals surface area contributed by atoms with Crippen LogP contribution in [0.15, 0.2) is 0 Å². The van der Waals surface area contributed by atoms with Gasteiger partial charge in [-0.2, -0.15) is 0 Å². The first-order valence-corrected chi connectivity index (χ1v) is 6.80. The van der Waals surface area contributed by atoms with Gasteiger partial charge in [-0.1, -0.05) is 13.3 Å². The van der Waals surface area contributed by atoms with Crippen molar-refractivity contribution in [2.24, 2.45) is 0 Å². The van der Waals surface area contributed by atoms with Crippen LogP contribution in [0.5, 0.6) is 0 Å². The molecule has 0 radical (unpaired) electrons. The third-order valence-corrected chi connectivity index (χ3v) is 4.97. The van der Waals surface area contributed by atoms with E-state index in [1.54, 1.807) is 6.92 Å². The predicted octanol–water partition coefficient (Wildman–Crippen LogP) is 0.953. The predicted molar refractivity (Wildman–Crippen MR) is 54.6 cm³/mol. The van der Waals surface area contributed by atoms with Crippen molar-refractivity contribution in [3.8, 4) is 0 Å². The molecule has 4 heteroatoms. The van der Waals surface area contributed by atoms with Crippen molar-refractivity contribution in [1.82, 2.24) is 5.32 Å². The van der Waals surface area contributed by atoms with Crippen LogP contribution in [0.25, 0.3) is 0 Å². The lowest BCUT2D eigenvalue weighted by Crippen LogP contribution is -2.30. The molecule has 3 nitrogen and oxygen atoms in total. The molecule has 1 N–H and O–H groups in total. The molecule has 0 bridgehead atoms. The van der Waals surface area contributed by atoms with Crippen molar-refractivity contribution in [3.63, 3.8) is 0 Å². The Labute approximate surface area is 80.8 Å². The summed E-state index contributed by atoms with van der Waals surface area (Å²) in [5.41, 5.74) is 0. The summed E-state index contributed by atoms with van der Waals surface area (Å²) in [4.78, 5) is 0. The highest BCUT2D eigenvalue weighted by molar-refractivity contribution is 7.92. The minimum atomic E-state index is -2.80. The fraction of sp³-hybridized carbons (Fsp3) is 1.00. The van der Waals surface area contributed by atoms with Crippen LogP contribution >= 0.6 is 0 Å². The molecule has 78 valence electrons. The lowest BCUT2D eigenvalue weighted by atomic mass is 10.1. The van der Waals surface area contributed by atoms with E-state index >= 15 is 0 Å². The lowest BCUT2D eigenvalue weighted by molar-refractivity contribution is 0.498. The molecule has 0 aliphatic carbocycles. The van der Waals surface area contributed by atoms with Crippen molar-refractivity contribution in [1.29, 1.82) is 0 Å². The van der Waals surface area contributed by atoms with Gasteiger partial charge in [-0.25, -0.2) is 8.42 Å². The maximum Gasteiger partial charge on any atom is 0.152 e. The third-order valence-electron chi connectivity index (χ3n) is 2.68. The number of hydrogen-bond acceptors (Lipinski definition) is 3. The van der Waals surface area contributed by atoms with Gasteiger partial charge in [0.2, 0.25) is 0 Å². The lowest BCUT2D eigenvalue weighted by Gasteiger charge is -2.19. The smallest absolute Gasteiger partial charge is 0.152 e. The van der Waals surface area contributed by atoms with Gasteiger partial charge in [0.25, 0.3) is 0 Å². The molecule has 0 saturated carbocycles. The topological polar surface area (TPSA) is 46.2 Å². The number of hydrogen-bond donors (Lipinski definition) is 1. The molecule has 0 amide bonds. The van der Waals surface area contributed by atoms with Crippen LogP contribution in [-0.2, 0) is 9.84 Å². The first-order valence-electron chi connectivity index (χ1n) is 5.09. The zero-order valence-corrected chi connectivity index (χ0v) is 9.07. The van der Waals surface area contributed by atoms with Crippen LogP contribution < -0.4 is 5.32 Å². The summed E-state index contributed by atoms with van der Waals surface area (Å²) in [5, 5.41) is 3.16. The fourth-order valence-corrected chi connectivity index (χ4v) is 3.22. The van der Waals surface area contributed by atoms with E-state index in [-0.39, 0.29) is 11.0 Å². The Hall–Kier alpha value is -0.0900. The van der Waals surface area contributed by atoms with Gasteiger partial charge in [0.15, 0.2) is 9.84 Å². The van der Waals surface area contributed by atoms with E-state index in [0.29, 0.717) is 0 Å². The Bertz CT molecular complexity index is 228. The van der Waals surface area contributed by atoms with E-state index in [1.165, 1.54) is 0 Å². The molecule has 0 aromatic heterocycles. The van der Waals surface area contributed by atoms with Gasteiger partial charge in [0.1, 0.15) is 0 Å². The highest BCUT2D eigenvalue weighted by Crippen LogP contribution is 2.15. The van der Waals surface area contributed by atoms with E-state index < -0.39 is 9.84 Å². The molecule has 1 unspecified atom stereocenters. The van der Waals surface area contributed by atoms with Gasteiger partial charge < -0.3 is 5.32 Å². The monoisotopic (exact) mass is 205 g/mol. The summed E-state index contributed by atoms with van der Waals surface area (Å²) >= 11 is 0. The maximum absolute atomic E-state index is 11.6. The second-order valence-electron chi connectivity index (χ2n) is 3.61. The molecule has 1 heterocycles. The van der Waals surface area contributed by atoms with Gasteiger partial charge >= 0.3 is 0 Å². The largest absolute Gasteiger partial charge is 0.317 e. The second-order valence-corrected chi connectivity index (χ2v) is 6.18. The quantitative estimate of drug-likeness (QED) is 0.730. The molecular weight excluding hydrogens is 186 g/mol. The van der Waals surface area contributed by atoms with Crippen molar-refractivity contribution >= 4 is 9.84 Å². The van der Waals surface area contributed by atoms with Crippen molar-refractivity contribution < 1.29 is 8.42 Å². The maximum atomic E-state index is 11.6. The van der Waals surface area contributed by atoms with Crippen molar-refractivity contribution in [3.05, 3.63) is 0 Å². The van der Waals surface area contributed by atoms with E-state index in [2.05, 4.69) is 5.32 Å². The Kier molecular flexibility index (Phi) is 4.19. The van der Waals surface area contributed by atoms with Crippen LogP contribution in [-0.4, -0.2) is 32.5 Å². The summed E-state index contributed by atoms with van der Waals surface area (Å²) in [6, 6.07) is 0. The third kappa shape index (κ3) is 3.27. The highest BCUT2D eigenvalue weighted by atomic mass is 32.2. The number of sulfone groups is 1. The van der Waals surface area contributed by atoms with Gasteiger partial charge in [0, 0.05) is 5.75 Å². The molecule has 0 spiro atoms. The Morgan fingerprint density at radius 2 is 2.00 bits per heavy atom. The molecule has 1 aliphatic heterocycles.